The predicted octanol–water partition coefficient (Wildman–Crippen LogP) is 2.32. The van der Waals surface area contributed by atoms with E-state index < -0.39 is 5.60 Å². The number of aliphatic hydroxyl groups is 1. The minimum Gasteiger partial charge on any atom is -0.377 e. The minimum atomic E-state index is -1.12. The van der Waals surface area contributed by atoms with Gasteiger partial charge in [0.15, 0.2) is 0 Å². The summed E-state index contributed by atoms with van der Waals surface area (Å²) in [6, 6.07) is 7.05. The Morgan fingerprint density at radius 1 is 1.33 bits per heavy atom. The number of aromatic nitrogens is 2. The molecule has 15 heavy (non-hydrogen) atoms. The number of hydrogen-bond acceptors (Lipinski definition) is 2. The van der Waals surface area contributed by atoms with E-state index in [4.69, 9.17) is 11.6 Å². The van der Waals surface area contributed by atoms with Crippen LogP contribution in [-0.2, 0) is 5.60 Å². The molecule has 0 amide bonds. The molecule has 4 heteroatoms. The molecule has 1 unspecified atom stereocenters. The van der Waals surface area contributed by atoms with Crippen LogP contribution in [-0.4, -0.2) is 15.1 Å². The lowest BCUT2D eigenvalue weighted by Gasteiger charge is -2.21. The van der Waals surface area contributed by atoms with Crippen LogP contribution in [0.5, 0.6) is 0 Å². The van der Waals surface area contributed by atoms with Crippen molar-refractivity contribution in [2.75, 3.05) is 0 Å². The third-order valence-corrected chi connectivity index (χ3v) is 2.62. The van der Waals surface area contributed by atoms with Crippen LogP contribution in [0.15, 0.2) is 36.7 Å². The summed E-state index contributed by atoms with van der Waals surface area (Å²) in [5, 5.41) is 10.9. The quantitative estimate of drug-likeness (QED) is 0.819. The van der Waals surface area contributed by atoms with Crippen LogP contribution in [0.4, 0.5) is 0 Å². The Morgan fingerprint density at radius 2 is 2.00 bits per heavy atom. The Morgan fingerprint density at radius 3 is 2.53 bits per heavy atom. The SMILES string of the molecule is CC(O)(c1ccc(Cl)cc1)c1ncc[nH]1. The molecule has 1 heterocycles. The first-order chi connectivity index (χ1) is 7.10. The molecule has 0 aliphatic carbocycles. The molecular formula is C11H11ClN2O. The fourth-order valence-corrected chi connectivity index (χ4v) is 1.57. The molecule has 1 aromatic heterocycles. The second-order valence-corrected chi connectivity index (χ2v) is 3.95. The summed E-state index contributed by atoms with van der Waals surface area (Å²) in [4.78, 5) is 6.94. The average Bonchev–Trinajstić information content (AvgIpc) is 2.71. The van der Waals surface area contributed by atoms with Crippen LogP contribution in [0.3, 0.4) is 0 Å². The van der Waals surface area contributed by atoms with E-state index in [0.717, 1.165) is 5.56 Å². The van der Waals surface area contributed by atoms with Gasteiger partial charge in [-0.3, -0.25) is 0 Å². The lowest BCUT2D eigenvalue weighted by Crippen LogP contribution is -2.24. The maximum absolute atomic E-state index is 10.3. The summed E-state index contributed by atoms with van der Waals surface area (Å²) in [6.45, 7) is 1.69. The minimum absolute atomic E-state index is 0.518. The normalized spacial score (nSPS) is 14.9. The molecule has 0 radical (unpaired) electrons. The standard InChI is InChI=1S/C11H11ClN2O/c1-11(15,10-13-6-7-14-10)8-2-4-9(12)5-3-8/h2-7,15H,1H3,(H,13,14). The van der Waals surface area contributed by atoms with E-state index >= 15 is 0 Å². The van der Waals surface area contributed by atoms with Gasteiger partial charge in [0.25, 0.3) is 0 Å². The van der Waals surface area contributed by atoms with Crippen LogP contribution in [0, 0.1) is 0 Å². The third-order valence-electron chi connectivity index (χ3n) is 2.37. The molecule has 0 aliphatic rings. The summed E-state index contributed by atoms with van der Waals surface area (Å²) >= 11 is 5.78. The zero-order valence-electron chi connectivity index (χ0n) is 8.24. The molecule has 0 bridgehead atoms. The maximum Gasteiger partial charge on any atom is 0.144 e. The monoisotopic (exact) mass is 222 g/mol. The first-order valence-corrected chi connectivity index (χ1v) is 4.97. The molecule has 78 valence electrons. The number of halogens is 1. The topological polar surface area (TPSA) is 48.9 Å². The number of H-pyrrole nitrogens is 1. The van der Waals surface area contributed by atoms with E-state index in [-0.39, 0.29) is 0 Å². The number of nitrogens with one attached hydrogen (secondary N) is 1. The largest absolute Gasteiger partial charge is 0.377 e. The highest BCUT2D eigenvalue weighted by Gasteiger charge is 2.27. The molecule has 0 saturated carbocycles. The van der Waals surface area contributed by atoms with Crippen LogP contribution in [0.1, 0.15) is 18.3 Å². The summed E-state index contributed by atoms with van der Waals surface area (Å²) in [5.41, 5.74) is -0.365. The molecule has 3 nitrogen and oxygen atoms in total. The van der Waals surface area contributed by atoms with Crippen molar-refractivity contribution >= 4 is 11.6 Å². The molecule has 0 saturated heterocycles. The number of aromatic amines is 1. The van der Waals surface area contributed by atoms with Crippen LogP contribution in [0.25, 0.3) is 0 Å². The Kier molecular flexibility index (Phi) is 2.50. The van der Waals surface area contributed by atoms with E-state index in [1.807, 2.05) is 0 Å². The second kappa shape index (κ2) is 3.68. The van der Waals surface area contributed by atoms with Crippen molar-refractivity contribution in [1.29, 1.82) is 0 Å². The van der Waals surface area contributed by atoms with Gasteiger partial charge in [0.05, 0.1) is 0 Å². The predicted molar refractivity (Wildman–Crippen MR) is 58.7 cm³/mol. The lowest BCUT2D eigenvalue weighted by molar-refractivity contribution is 0.0932. The van der Waals surface area contributed by atoms with Gasteiger partial charge < -0.3 is 10.1 Å². The Labute approximate surface area is 92.7 Å². The Balaban J connectivity index is 2.41. The molecule has 2 rings (SSSR count). The maximum atomic E-state index is 10.3. The van der Waals surface area contributed by atoms with E-state index in [1.54, 1.807) is 43.6 Å². The van der Waals surface area contributed by atoms with E-state index in [0.29, 0.717) is 10.8 Å². The van der Waals surface area contributed by atoms with Gasteiger partial charge in [-0.25, -0.2) is 4.98 Å². The molecule has 2 N–H and O–H groups in total. The van der Waals surface area contributed by atoms with Crippen molar-refractivity contribution in [2.45, 2.75) is 12.5 Å². The highest BCUT2D eigenvalue weighted by molar-refractivity contribution is 6.30. The summed E-state index contributed by atoms with van der Waals surface area (Å²) in [5.74, 6) is 0.518. The van der Waals surface area contributed by atoms with Gasteiger partial charge in [0.1, 0.15) is 11.4 Å². The second-order valence-electron chi connectivity index (χ2n) is 3.52. The highest BCUT2D eigenvalue weighted by atomic mass is 35.5. The fourth-order valence-electron chi connectivity index (χ4n) is 1.44. The number of nitrogens with zero attached hydrogens (tertiary/aromatic N) is 1. The van der Waals surface area contributed by atoms with Crippen molar-refractivity contribution in [3.63, 3.8) is 0 Å². The van der Waals surface area contributed by atoms with E-state index in [9.17, 15) is 5.11 Å². The van der Waals surface area contributed by atoms with Crippen LogP contribution >= 0.6 is 11.6 Å². The van der Waals surface area contributed by atoms with Gasteiger partial charge in [-0.2, -0.15) is 0 Å². The van der Waals surface area contributed by atoms with Crippen molar-refractivity contribution in [3.05, 3.63) is 53.1 Å². The first kappa shape index (κ1) is 10.2. The van der Waals surface area contributed by atoms with Gasteiger partial charge >= 0.3 is 0 Å². The third kappa shape index (κ3) is 1.89. The van der Waals surface area contributed by atoms with Crippen molar-refractivity contribution in [2.24, 2.45) is 0 Å². The van der Waals surface area contributed by atoms with Crippen molar-refractivity contribution < 1.29 is 5.11 Å². The molecule has 0 spiro atoms. The molecular weight excluding hydrogens is 212 g/mol. The van der Waals surface area contributed by atoms with Crippen molar-refractivity contribution in [3.8, 4) is 0 Å². The lowest BCUT2D eigenvalue weighted by atomic mass is 9.95. The van der Waals surface area contributed by atoms with Gasteiger partial charge in [-0.15, -0.1) is 0 Å². The Bertz CT molecular complexity index is 434. The summed E-state index contributed by atoms with van der Waals surface area (Å²) in [6.07, 6.45) is 3.29. The summed E-state index contributed by atoms with van der Waals surface area (Å²) in [7, 11) is 0. The number of imidazole rings is 1. The number of rotatable bonds is 2. The molecule has 1 aromatic carbocycles. The first-order valence-electron chi connectivity index (χ1n) is 4.59. The molecule has 2 aromatic rings. The number of hydrogen-bond donors (Lipinski definition) is 2. The zero-order chi connectivity index (χ0) is 10.9. The summed E-state index contributed by atoms with van der Waals surface area (Å²) < 4.78 is 0. The smallest absolute Gasteiger partial charge is 0.144 e. The van der Waals surface area contributed by atoms with E-state index in [2.05, 4.69) is 9.97 Å². The number of benzene rings is 1. The zero-order valence-corrected chi connectivity index (χ0v) is 8.99. The average molecular weight is 223 g/mol. The van der Waals surface area contributed by atoms with Gasteiger partial charge in [0.2, 0.25) is 0 Å². The molecule has 1 atom stereocenters. The van der Waals surface area contributed by atoms with Gasteiger partial charge in [-0.05, 0) is 24.6 Å². The van der Waals surface area contributed by atoms with Crippen LogP contribution in [0.2, 0.25) is 5.02 Å². The molecule has 0 aliphatic heterocycles. The Hall–Kier alpha value is -1.32. The van der Waals surface area contributed by atoms with Crippen LogP contribution < -0.4 is 0 Å². The molecule has 0 fully saturated rings. The van der Waals surface area contributed by atoms with Gasteiger partial charge in [-0.1, -0.05) is 23.7 Å². The highest BCUT2D eigenvalue weighted by Crippen LogP contribution is 2.27. The fraction of sp³-hybridized carbons (Fsp3) is 0.182. The van der Waals surface area contributed by atoms with E-state index in [1.165, 1.54) is 0 Å². The van der Waals surface area contributed by atoms with Crippen molar-refractivity contribution in [1.82, 2.24) is 9.97 Å². The van der Waals surface area contributed by atoms with Gasteiger partial charge in [0, 0.05) is 17.4 Å².